The van der Waals surface area contributed by atoms with E-state index in [1.807, 2.05) is 30.3 Å². The third-order valence-electron chi connectivity index (χ3n) is 7.55. The zero-order valence-electron chi connectivity index (χ0n) is 19.1. The van der Waals surface area contributed by atoms with Crippen LogP contribution < -0.4 is 0 Å². The predicted octanol–water partition coefficient (Wildman–Crippen LogP) is 4.33. The SMILES string of the molecule is CC1(C)OB(CCCC2C[C@H]3CN(C(=O)OCc4ccccc4)C[C@H]3C2=O)OC1(C)C. The summed E-state index contributed by atoms with van der Waals surface area (Å²) in [5, 5.41) is 0. The summed E-state index contributed by atoms with van der Waals surface area (Å²) in [6.07, 6.45) is 3.15. The molecule has 4 rings (SSSR count). The normalized spacial score (nSPS) is 28.8. The van der Waals surface area contributed by atoms with Crippen LogP contribution in [0.1, 0.15) is 52.5 Å². The summed E-state index contributed by atoms with van der Waals surface area (Å²) in [4.78, 5) is 27.1. The first-order chi connectivity index (χ1) is 14.7. The Morgan fingerprint density at radius 2 is 1.81 bits per heavy atom. The smallest absolute Gasteiger partial charge is 0.445 e. The van der Waals surface area contributed by atoms with Crippen molar-refractivity contribution in [2.45, 2.75) is 71.1 Å². The standard InChI is InChI=1S/C24H34BNO5/c1-23(2)24(3,4)31-25(30-23)12-8-11-18-13-19-14-26(15-20(19)21(18)27)22(28)29-16-17-9-6-5-7-10-17/h5-7,9-10,18-20H,8,11-16H2,1-4H3/t18?,19-,20+/m0/s1. The summed E-state index contributed by atoms with van der Waals surface area (Å²) in [6.45, 7) is 9.62. The highest BCUT2D eigenvalue weighted by molar-refractivity contribution is 6.45. The van der Waals surface area contributed by atoms with E-state index in [-0.39, 0.29) is 48.8 Å². The van der Waals surface area contributed by atoms with E-state index in [0.717, 1.165) is 31.1 Å². The Bertz CT molecular complexity index is 795. The number of hydrogen-bond donors (Lipinski definition) is 0. The molecule has 1 aromatic carbocycles. The molecular formula is C24H34BNO5. The molecule has 0 spiro atoms. The molecule has 2 heterocycles. The van der Waals surface area contributed by atoms with Crippen LogP contribution in [0.15, 0.2) is 30.3 Å². The molecule has 1 saturated carbocycles. The second-order valence-corrected chi connectivity index (χ2v) is 10.3. The number of benzene rings is 1. The van der Waals surface area contributed by atoms with E-state index in [2.05, 4.69) is 27.7 Å². The van der Waals surface area contributed by atoms with E-state index >= 15 is 0 Å². The Kier molecular flexibility index (Phi) is 6.19. The lowest BCUT2D eigenvalue weighted by Gasteiger charge is -2.32. The van der Waals surface area contributed by atoms with Gasteiger partial charge in [0.1, 0.15) is 12.4 Å². The summed E-state index contributed by atoms with van der Waals surface area (Å²) >= 11 is 0. The minimum Gasteiger partial charge on any atom is -0.445 e. The topological polar surface area (TPSA) is 65.1 Å². The van der Waals surface area contributed by atoms with Gasteiger partial charge in [-0.15, -0.1) is 0 Å². The number of carbonyl (C=O) groups excluding carboxylic acids is 2. The molecule has 1 aliphatic carbocycles. The van der Waals surface area contributed by atoms with Crippen LogP contribution in [-0.2, 0) is 25.4 Å². The monoisotopic (exact) mass is 427 g/mol. The molecule has 0 aromatic heterocycles. The molecule has 168 valence electrons. The van der Waals surface area contributed by atoms with Gasteiger partial charge in [0.05, 0.1) is 11.2 Å². The summed E-state index contributed by atoms with van der Waals surface area (Å²) in [5.41, 5.74) is 0.348. The molecule has 6 nitrogen and oxygen atoms in total. The number of ether oxygens (including phenoxy) is 1. The molecule has 3 atom stereocenters. The van der Waals surface area contributed by atoms with Gasteiger partial charge >= 0.3 is 13.2 Å². The maximum absolute atomic E-state index is 12.9. The number of nitrogens with zero attached hydrogens (tertiary/aromatic N) is 1. The van der Waals surface area contributed by atoms with Crippen molar-refractivity contribution < 1.29 is 23.6 Å². The van der Waals surface area contributed by atoms with Crippen molar-refractivity contribution in [1.29, 1.82) is 0 Å². The van der Waals surface area contributed by atoms with E-state index in [1.165, 1.54) is 0 Å². The highest BCUT2D eigenvalue weighted by Gasteiger charge is 2.51. The lowest BCUT2D eigenvalue weighted by molar-refractivity contribution is -0.124. The van der Waals surface area contributed by atoms with Gasteiger partial charge in [0.25, 0.3) is 0 Å². The zero-order valence-corrected chi connectivity index (χ0v) is 19.1. The lowest BCUT2D eigenvalue weighted by Crippen LogP contribution is -2.41. The fraction of sp³-hybridized carbons (Fsp3) is 0.667. The van der Waals surface area contributed by atoms with Crippen molar-refractivity contribution >= 4 is 19.0 Å². The number of carbonyl (C=O) groups is 2. The van der Waals surface area contributed by atoms with Crippen molar-refractivity contribution in [3.8, 4) is 0 Å². The summed E-state index contributed by atoms with van der Waals surface area (Å²) < 4.78 is 17.6. The lowest BCUT2D eigenvalue weighted by atomic mass is 9.80. The minimum absolute atomic E-state index is 0.0360. The van der Waals surface area contributed by atoms with Crippen LogP contribution in [0.3, 0.4) is 0 Å². The maximum atomic E-state index is 12.9. The van der Waals surface area contributed by atoms with E-state index in [1.54, 1.807) is 4.90 Å². The number of rotatable bonds is 6. The molecule has 3 fully saturated rings. The van der Waals surface area contributed by atoms with Crippen molar-refractivity contribution in [3.63, 3.8) is 0 Å². The Labute approximate surface area is 185 Å². The van der Waals surface area contributed by atoms with E-state index < -0.39 is 0 Å². The van der Waals surface area contributed by atoms with Gasteiger partial charge in [-0.05, 0) is 58.3 Å². The van der Waals surface area contributed by atoms with Gasteiger partial charge in [-0.2, -0.15) is 0 Å². The minimum atomic E-state index is -0.316. The summed E-state index contributed by atoms with van der Waals surface area (Å²) in [6, 6.07) is 9.65. The molecule has 31 heavy (non-hydrogen) atoms. The van der Waals surface area contributed by atoms with Gasteiger partial charge in [0.15, 0.2) is 0 Å². The second kappa shape index (κ2) is 8.59. The van der Waals surface area contributed by atoms with Crippen LogP contribution in [-0.4, -0.2) is 48.2 Å². The fourth-order valence-electron chi connectivity index (χ4n) is 5.05. The first-order valence-corrected chi connectivity index (χ1v) is 11.5. The van der Waals surface area contributed by atoms with Crippen molar-refractivity contribution in [1.82, 2.24) is 4.90 Å². The van der Waals surface area contributed by atoms with Gasteiger partial charge in [-0.25, -0.2) is 4.79 Å². The van der Waals surface area contributed by atoms with Crippen LogP contribution in [0.4, 0.5) is 4.79 Å². The van der Waals surface area contributed by atoms with Gasteiger partial charge in [-0.3, -0.25) is 4.79 Å². The number of amides is 1. The van der Waals surface area contributed by atoms with Crippen LogP contribution >= 0.6 is 0 Å². The molecule has 2 saturated heterocycles. The molecule has 0 bridgehead atoms. The number of likely N-dealkylation sites (tertiary alicyclic amines) is 1. The Morgan fingerprint density at radius 3 is 2.45 bits per heavy atom. The van der Waals surface area contributed by atoms with Crippen LogP contribution in [0.2, 0.25) is 6.32 Å². The maximum Gasteiger partial charge on any atom is 0.457 e. The van der Waals surface area contributed by atoms with Crippen LogP contribution in [0.25, 0.3) is 0 Å². The molecule has 7 heteroatoms. The highest BCUT2D eigenvalue weighted by Crippen LogP contribution is 2.42. The predicted molar refractivity (Wildman–Crippen MR) is 118 cm³/mol. The first kappa shape index (κ1) is 22.3. The van der Waals surface area contributed by atoms with Crippen LogP contribution in [0.5, 0.6) is 0 Å². The average Bonchev–Trinajstić information content (AvgIpc) is 3.32. The number of ketones is 1. The summed E-state index contributed by atoms with van der Waals surface area (Å²) in [7, 11) is -0.198. The van der Waals surface area contributed by atoms with E-state index in [4.69, 9.17) is 14.0 Å². The third-order valence-corrected chi connectivity index (χ3v) is 7.55. The van der Waals surface area contributed by atoms with Gasteiger partial charge in [0, 0.05) is 24.9 Å². The average molecular weight is 427 g/mol. The van der Waals surface area contributed by atoms with E-state index in [0.29, 0.717) is 18.9 Å². The Morgan fingerprint density at radius 1 is 1.13 bits per heavy atom. The largest absolute Gasteiger partial charge is 0.457 e. The third kappa shape index (κ3) is 4.68. The Hall–Kier alpha value is -1.86. The molecule has 0 N–H and O–H groups in total. The zero-order chi connectivity index (χ0) is 22.2. The van der Waals surface area contributed by atoms with Crippen LogP contribution in [0, 0.1) is 17.8 Å². The van der Waals surface area contributed by atoms with Crippen molar-refractivity contribution in [2.75, 3.05) is 13.1 Å². The highest BCUT2D eigenvalue weighted by atomic mass is 16.7. The van der Waals surface area contributed by atoms with Crippen molar-refractivity contribution in [3.05, 3.63) is 35.9 Å². The molecule has 1 unspecified atom stereocenters. The van der Waals surface area contributed by atoms with Gasteiger partial charge in [-0.1, -0.05) is 36.8 Å². The molecule has 1 amide bonds. The quantitative estimate of drug-likeness (QED) is 0.633. The first-order valence-electron chi connectivity index (χ1n) is 11.5. The summed E-state index contributed by atoms with van der Waals surface area (Å²) in [5.74, 6) is 0.641. The molecule has 2 aliphatic heterocycles. The Balaban J connectivity index is 1.20. The number of hydrogen-bond acceptors (Lipinski definition) is 5. The molecule has 3 aliphatic rings. The second-order valence-electron chi connectivity index (χ2n) is 10.3. The molecule has 1 aromatic rings. The molecular weight excluding hydrogens is 393 g/mol. The van der Waals surface area contributed by atoms with Crippen molar-refractivity contribution in [2.24, 2.45) is 17.8 Å². The number of Topliss-reactive ketones (excluding diaryl/α,β-unsaturated/α-hetero) is 1. The van der Waals surface area contributed by atoms with E-state index in [9.17, 15) is 9.59 Å². The number of fused-ring (bicyclic) bond motifs is 1. The fourth-order valence-corrected chi connectivity index (χ4v) is 5.05. The van der Waals surface area contributed by atoms with Gasteiger partial charge < -0.3 is 18.9 Å². The molecule has 0 radical (unpaired) electrons. The van der Waals surface area contributed by atoms with Gasteiger partial charge in [0.2, 0.25) is 0 Å².